The molecule has 0 aliphatic rings. The average Bonchev–Trinajstić information content (AvgIpc) is 3.84. The Hall–Kier alpha value is -4.86. The Kier molecular flexibility index (Phi) is 28.4. The largest absolute Gasteiger partial charge is 0.506 e. The van der Waals surface area contributed by atoms with Gasteiger partial charge in [-0.1, -0.05) is 61.0 Å². The second-order valence-electron chi connectivity index (χ2n) is 21.3. The number of carbonyl (C=O) groups excluding carboxylic acids is 6. The molecule has 76 heavy (non-hydrogen) atoms. The van der Waals surface area contributed by atoms with Crippen LogP contribution in [0.15, 0.2) is 35.4 Å². The Morgan fingerprint density at radius 2 is 1.54 bits per heavy atom. The lowest BCUT2D eigenvalue weighted by molar-refractivity contribution is -0.148. The summed E-state index contributed by atoms with van der Waals surface area (Å²) in [6.07, 6.45) is 3.83. The van der Waals surface area contributed by atoms with Crippen LogP contribution in [0, 0.1) is 17.8 Å². The molecule has 2 aromatic rings. The first-order chi connectivity index (χ1) is 35.4. The molecule has 0 saturated carbocycles. The van der Waals surface area contributed by atoms with Gasteiger partial charge in [-0.3, -0.25) is 33.6 Å². The Morgan fingerprint density at radius 1 is 0.908 bits per heavy atom. The number of benzene rings is 1. The van der Waals surface area contributed by atoms with Crippen molar-refractivity contribution < 1.29 is 58.0 Å². The van der Waals surface area contributed by atoms with Crippen molar-refractivity contribution in [1.82, 2.24) is 25.8 Å². The van der Waals surface area contributed by atoms with Gasteiger partial charge >= 0.3 is 11.9 Å². The van der Waals surface area contributed by atoms with Crippen molar-refractivity contribution in [3.05, 3.63) is 51.7 Å². The quantitative estimate of drug-likeness (QED) is 0.0114. The number of phenols is 1. The molecule has 5 unspecified atom stereocenters. The number of hydrogen-bond donors (Lipinski definition) is 7. The molecule has 21 heteroatoms. The minimum Gasteiger partial charge on any atom is -0.506 e. The van der Waals surface area contributed by atoms with Crippen LogP contribution in [0.1, 0.15) is 169 Å². The van der Waals surface area contributed by atoms with Gasteiger partial charge in [0, 0.05) is 81.2 Å². The van der Waals surface area contributed by atoms with Crippen LogP contribution in [0.3, 0.4) is 0 Å². The number of ether oxygens (including phenoxy) is 3. The highest BCUT2D eigenvalue weighted by atomic mass is 32.2. The van der Waals surface area contributed by atoms with Crippen LogP contribution in [0.4, 0.5) is 5.69 Å². The van der Waals surface area contributed by atoms with Gasteiger partial charge in [-0.15, -0.1) is 23.1 Å². The summed E-state index contributed by atoms with van der Waals surface area (Å²) in [5, 5.41) is 32.4. The molecule has 5 amide bonds. The van der Waals surface area contributed by atoms with Crippen LogP contribution in [-0.2, 0) is 49.4 Å². The van der Waals surface area contributed by atoms with Crippen LogP contribution in [-0.4, -0.2) is 127 Å². The number of esters is 1. The van der Waals surface area contributed by atoms with Gasteiger partial charge < -0.3 is 50.6 Å². The Labute approximate surface area is 465 Å². The molecular formula is C55H88N6O12S3. The molecule has 0 fully saturated rings. The third-order valence-corrected chi connectivity index (χ3v) is 16.4. The standard InChI is InChI=1S/C55H88N6O12S3/c1-16-33(6)25-45(64)61(15)42(32(4)5)29-44(73-37(10)62)52-60-41(31-75-52)49(66)58-39(26-34(7)53(69)70)27-38-19-20-43(63)40(28-38)59-48(65)35(8)30-72-55(13,14)22-23-56-50(67)46(74)47(76-36(9)17-2)51(68)57-24-21-54(11,12)71-18-3/h19-20,28,30-34,36,39,42,44,46-47,63,74H,16-18,21-27,29H2,1-15H3,(H,56,67)(H,57,68)(H,58,66)(H,59,65)(H,69,70)/b35-30+/t33-,34?,36?,39+,42?,44+,46?,47?/m0/s1. The van der Waals surface area contributed by atoms with Crippen molar-refractivity contribution in [2.24, 2.45) is 17.8 Å². The molecule has 1 aromatic heterocycles. The lowest BCUT2D eigenvalue weighted by Crippen LogP contribution is -2.47. The zero-order valence-electron chi connectivity index (χ0n) is 47.5. The van der Waals surface area contributed by atoms with Gasteiger partial charge in [0.1, 0.15) is 32.6 Å². The lowest BCUT2D eigenvalue weighted by Gasteiger charge is -2.34. The van der Waals surface area contributed by atoms with Crippen molar-refractivity contribution in [2.45, 2.75) is 193 Å². The summed E-state index contributed by atoms with van der Waals surface area (Å²) in [6, 6.07) is 3.48. The predicted octanol–water partition coefficient (Wildman–Crippen LogP) is 8.88. The monoisotopic (exact) mass is 1120 g/mol. The maximum atomic E-state index is 13.8. The topological polar surface area (TPSA) is 252 Å². The zero-order valence-corrected chi connectivity index (χ0v) is 50.0. The Balaban J connectivity index is 2.18. The normalized spacial score (nSPS) is 15.2. The summed E-state index contributed by atoms with van der Waals surface area (Å²) in [6.45, 7) is 27.0. The molecule has 18 nitrogen and oxygen atoms in total. The second-order valence-corrected chi connectivity index (χ2v) is 24.3. The number of aromatic nitrogens is 1. The average molecular weight is 1120 g/mol. The van der Waals surface area contributed by atoms with E-state index in [-0.39, 0.29) is 83.5 Å². The van der Waals surface area contributed by atoms with Crippen molar-refractivity contribution in [3.63, 3.8) is 0 Å². The molecule has 0 aliphatic carbocycles. The van der Waals surface area contributed by atoms with E-state index in [0.29, 0.717) is 43.0 Å². The summed E-state index contributed by atoms with van der Waals surface area (Å²) >= 11 is 7.14. The number of anilines is 1. The van der Waals surface area contributed by atoms with Gasteiger partial charge in [-0.25, -0.2) is 4.98 Å². The van der Waals surface area contributed by atoms with Crippen molar-refractivity contribution in [2.75, 3.05) is 32.1 Å². The molecule has 2 rings (SSSR count). The fourth-order valence-corrected chi connectivity index (χ4v) is 10.3. The van der Waals surface area contributed by atoms with Gasteiger partial charge in [0.25, 0.3) is 11.8 Å². The van der Waals surface area contributed by atoms with Gasteiger partial charge in [0.05, 0.1) is 23.5 Å². The van der Waals surface area contributed by atoms with E-state index in [0.717, 1.165) is 24.2 Å². The van der Waals surface area contributed by atoms with E-state index in [2.05, 4.69) is 38.9 Å². The SMILES string of the molecule is CCOC(C)(C)CCNC(=O)C(SC(C)CC)C(S)C(=O)NCCC(C)(C)O/C=C(\C)C(=O)Nc1cc(C[C@@H](CC(C)C(=O)O)NC(=O)c2csc([C@@H](CC(C(C)C)N(C)C(=O)C[C@@H](C)CC)OC(C)=O)n2)ccc1O. The van der Waals surface area contributed by atoms with Gasteiger partial charge in [0.2, 0.25) is 17.7 Å². The number of aliphatic carboxylic acids is 1. The number of nitrogens with zero attached hydrogens (tertiary/aromatic N) is 2. The first-order valence-electron chi connectivity index (χ1n) is 26.4. The number of rotatable bonds is 34. The van der Waals surface area contributed by atoms with E-state index >= 15 is 0 Å². The minimum absolute atomic E-state index is 0.00748. The van der Waals surface area contributed by atoms with Crippen LogP contribution < -0.4 is 21.3 Å². The zero-order chi connectivity index (χ0) is 57.7. The van der Waals surface area contributed by atoms with Crippen molar-refractivity contribution in [1.29, 1.82) is 0 Å². The summed E-state index contributed by atoms with van der Waals surface area (Å²) in [5.41, 5.74) is -0.431. The lowest BCUT2D eigenvalue weighted by atomic mass is 9.95. The molecular weight excluding hydrogens is 1030 g/mol. The molecule has 0 aliphatic heterocycles. The van der Waals surface area contributed by atoms with Crippen LogP contribution in [0.5, 0.6) is 5.75 Å². The Morgan fingerprint density at radius 3 is 2.12 bits per heavy atom. The maximum absolute atomic E-state index is 13.8. The van der Waals surface area contributed by atoms with Crippen LogP contribution in [0.25, 0.3) is 0 Å². The predicted molar refractivity (Wildman–Crippen MR) is 304 cm³/mol. The fourth-order valence-electron chi connectivity index (χ4n) is 7.87. The minimum atomic E-state index is -1.07. The summed E-state index contributed by atoms with van der Waals surface area (Å²) in [4.78, 5) is 97.8. The molecule has 0 saturated heterocycles. The number of carboxylic acid groups (broad SMARTS) is 1. The van der Waals surface area contributed by atoms with E-state index in [9.17, 15) is 43.8 Å². The Bertz CT molecular complexity index is 2270. The number of thiazole rings is 1. The summed E-state index contributed by atoms with van der Waals surface area (Å²) in [7, 11) is 1.75. The number of phenolic OH excluding ortho intramolecular Hbond substituents is 1. The number of amides is 5. The van der Waals surface area contributed by atoms with Crippen LogP contribution >= 0.6 is 35.7 Å². The number of carboxylic acids is 1. The highest BCUT2D eigenvalue weighted by Crippen LogP contribution is 2.32. The number of carbonyl (C=O) groups is 7. The van der Waals surface area contributed by atoms with Gasteiger partial charge in [-0.05, 0) is 96.8 Å². The molecule has 0 spiro atoms. The van der Waals surface area contributed by atoms with Crippen molar-refractivity contribution in [3.8, 4) is 5.75 Å². The number of thioether (sulfide) groups is 1. The molecule has 0 radical (unpaired) electrons. The summed E-state index contributed by atoms with van der Waals surface area (Å²) in [5.74, 6) is -4.35. The second kappa shape index (κ2) is 32.1. The molecule has 1 heterocycles. The number of hydrogen-bond acceptors (Lipinski definition) is 15. The number of nitrogens with one attached hydrogen (secondary N) is 4. The number of aromatic hydroxyl groups is 1. The first kappa shape index (κ1) is 67.3. The van der Waals surface area contributed by atoms with E-state index in [1.807, 2.05) is 62.3 Å². The smallest absolute Gasteiger partial charge is 0.306 e. The van der Waals surface area contributed by atoms with Gasteiger partial charge in [-0.2, -0.15) is 12.6 Å². The molecule has 428 valence electrons. The molecule has 6 N–H and O–H groups in total. The first-order valence-corrected chi connectivity index (χ1v) is 28.7. The fraction of sp³-hybridized carbons (Fsp3) is 0.673. The summed E-state index contributed by atoms with van der Waals surface area (Å²) < 4.78 is 17.5. The van der Waals surface area contributed by atoms with Crippen LogP contribution in [0.2, 0.25) is 0 Å². The highest BCUT2D eigenvalue weighted by Gasteiger charge is 2.35. The van der Waals surface area contributed by atoms with Crippen molar-refractivity contribution >= 4 is 82.9 Å². The van der Waals surface area contributed by atoms with E-state index < -0.39 is 69.4 Å². The van der Waals surface area contributed by atoms with Gasteiger partial charge in [0.15, 0.2) is 6.10 Å². The maximum Gasteiger partial charge on any atom is 0.306 e. The molecule has 0 bridgehead atoms. The van der Waals surface area contributed by atoms with E-state index in [4.69, 9.17) is 14.2 Å². The van der Waals surface area contributed by atoms with E-state index in [1.54, 1.807) is 31.9 Å². The molecule has 8 atom stereocenters. The number of thiol groups is 1. The van der Waals surface area contributed by atoms with E-state index in [1.165, 1.54) is 56.3 Å². The third kappa shape index (κ3) is 23.4. The molecule has 1 aromatic carbocycles. The highest BCUT2D eigenvalue weighted by molar-refractivity contribution is 8.02. The third-order valence-electron chi connectivity index (χ3n) is 13.1.